The zero-order chi connectivity index (χ0) is 17.3. The molecule has 0 N–H and O–H groups in total. The van der Waals surface area contributed by atoms with Crippen LogP contribution in [0, 0.1) is 20.8 Å². The standard InChI is InChI=1S/C17H23N3O3S/c1-12-6-7-13(2)16(11-12)24(21,22)10-9-20-8-4-5-15(20)17-18-14(3)23-19-17/h6-7,11,15H,4-5,8-10H2,1-3H3/t15-/m1/s1. The molecule has 1 fully saturated rings. The van der Waals surface area contributed by atoms with Crippen LogP contribution in [0.5, 0.6) is 0 Å². The van der Waals surface area contributed by atoms with Gasteiger partial charge in [0, 0.05) is 13.5 Å². The Morgan fingerprint density at radius 3 is 2.79 bits per heavy atom. The van der Waals surface area contributed by atoms with E-state index >= 15 is 0 Å². The molecule has 1 aliphatic heterocycles. The highest BCUT2D eigenvalue weighted by atomic mass is 32.2. The third-order valence-corrected chi connectivity index (χ3v) is 6.36. The third kappa shape index (κ3) is 3.52. The molecule has 0 unspecified atom stereocenters. The average Bonchev–Trinajstić information content (AvgIpc) is 3.16. The lowest BCUT2D eigenvalue weighted by Crippen LogP contribution is -2.30. The molecule has 1 aromatic heterocycles. The van der Waals surface area contributed by atoms with Crippen LogP contribution in [0.1, 0.15) is 41.7 Å². The molecular weight excluding hydrogens is 326 g/mol. The molecule has 7 heteroatoms. The zero-order valence-corrected chi connectivity index (χ0v) is 15.1. The summed E-state index contributed by atoms with van der Waals surface area (Å²) in [6.45, 7) is 6.86. The maximum absolute atomic E-state index is 12.7. The highest BCUT2D eigenvalue weighted by Crippen LogP contribution is 2.30. The van der Waals surface area contributed by atoms with E-state index in [4.69, 9.17) is 4.52 Å². The second kappa shape index (κ2) is 6.64. The van der Waals surface area contributed by atoms with Crippen molar-refractivity contribution in [3.05, 3.63) is 41.0 Å². The van der Waals surface area contributed by atoms with Crippen LogP contribution < -0.4 is 0 Å². The van der Waals surface area contributed by atoms with E-state index in [0.717, 1.165) is 30.5 Å². The lowest BCUT2D eigenvalue weighted by Gasteiger charge is -2.21. The van der Waals surface area contributed by atoms with Gasteiger partial charge in [-0.1, -0.05) is 17.3 Å². The fourth-order valence-electron chi connectivity index (χ4n) is 3.23. The van der Waals surface area contributed by atoms with E-state index in [9.17, 15) is 8.42 Å². The predicted octanol–water partition coefficient (Wildman–Crippen LogP) is 2.61. The highest BCUT2D eigenvalue weighted by Gasteiger charge is 2.31. The maximum Gasteiger partial charge on any atom is 0.223 e. The number of nitrogens with zero attached hydrogens (tertiary/aromatic N) is 3. The second-order valence-corrected chi connectivity index (χ2v) is 8.53. The normalized spacial score (nSPS) is 19.0. The van der Waals surface area contributed by atoms with Gasteiger partial charge in [0.05, 0.1) is 16.7 Å². The molecule has 0 spiro atoms. The van der Waals surface area contributed by atoms with Crippen molar-refractivity contribution in [3.8, 4) is 0 Å². The number of aryl methyl sites for hydroxylation is 3. The maximum atomic E-state index is 12.7. The SMILES string of the molecule is Cc1ccc(C)c(S(=O)(=O)CCN2CCC[C@@H]2c2noc(C)n2)c1. The minimum atomic E-state index is -3.31. The number of aromatic nitrogens is 2. The lowest BCUT2D eigenvalue weighted by atomic mass is 10.2. The van der Waals surface area contributed by atoms with Gasteiger partial charge < -0.3 is 4.52 Å². The van der Waals surface area contributed by atoms with Crippen LogP contribution in [0.3, 0.4) is 0 Å². The second-order valence-electron chi connectivity index (χ2n) is 6.45. The molecular formula is C17H23N3O3S. The number of benzene rings is 1. The van der Waals surface area contributed by atoms with Crippen molar-refractivity contribution in [1.82, 2.24) is 15.0 Å². The first-order chi connectivity index (χ1) is 11.4. The van der Waals surface area contributed by atoms with Gasteiger partial charge in [0.25, 0.3) is 0 Å². The first kappa shape index (κ1) is 17.1. The van der Waals surface area contributed by atoms with Gasteiger partial charge in [0.2, 0.25) is 5.89 Å². The minimum Gasteiger partial charge on any atom is -0.340 e. The van der Waals surface area contributed by atoms with E-state index < -0.39 is 9.84 Å². The van der Waals surface area contributed by atoms with Gasteiger partial charge in [-0.15, -0.1) is 0 Å². The van der Waals surface area contributed by atoms with Gasteiger partial charge >= 0.3 is 0 Å². The first-order valence-corrected chi connectivity index (χ1v) is 9.86. The van der Waals surface area contributed by atoms with Crippen molar-refractivity contribution in [2.75, 3.05) is 18.8 Å². The topological polar surface area (TPSA) is 76.3 Å². The molecule has 24 heavy (non-hydrogen) atoms. The van der Waals surface area contributed by atoms with Crippen LogP contribution in [0.2, 0.25) is 0 Å². The third-order valence-electron chi connectivity index (χ3n) is 4.53. The molecule has 6 nitrogen and oxygen atoms in total. The molecule has 2 heterocycles. The van der Waals surface area contributed by atoms with Crippen molar-refractivity contribution in [3.63, 3.8) is 0 Å². The Labute approximate surface area is 142 Å². The van der Waals surface area contributed by atoms with Gasteiger partial charge in [-0.05, 0) is 50.4 Å². The van der Waals surface area contributed by atoms with Crippen molar-refractivity contribution in [2.24, 2.45) is 0 Å². The molecule has 3 rings (SSSR count). The summed E-state index contributed by atoms with van der Waals surface area (Å²) in [6.07, 6.45) is 1.95. The average molecular weight is 349 g/mol. The number of sulfone groups is 1. The summed E-state index contributed by atoms with van der Waals surface area (Å²) >= 11 is 0. The van der Waals surface area contributed by atoms with Gasteiger partial charge in [-0.25, -0.2) is 8.42 Å². The Bertz CT molecular complexity index is 829. The molecule has 0 amide bonds. The fourth-order valence-corrected chi connectivity index (χ4v) is 4.85. The molecule has 0 radical (unpaired) electrons. The summed E-state index contributed by atoms with van der Waals surface area (Å²) in [6, 6.07) is 5.61. The number of hydrogen-bond acceptors (Lipinski definition) is 6. The van der Waals surface area contributed by atoms with Crippen LogP contribution in [0.4, 0.5) is 0 Å². The van der Waals surface area contributed by atoms with Crippen LogP contribution in [0.15, 0.2) is 27.6 Å². The van der Waals surface area contributed by atoms with Gasteiger partial charge in [-0.3, -0.25) is 4.90 Å². The largest absolute Gasteiger partial charge is 0.340 e. The Hall–Kier alpha value is -1.73. The Balaban J connectivity index is 1.73. The van der Waals surface area contributed by atoms with Crippen molar-refractivity contribution >= 4 is 9.84 Å². The van der Waals surface area contributed by atoms with Gasteiger partial charge in [0.15, 0.2) is 15.7 Å². The first-order valence-electron chi connectivity index (χ1n) is 8.21. The summed E-state index contributed by atoms with van der Waals surface area (Å²) in [5.41, 5.74) is 1.76. The molecule has 2 aromatic rings. The summed E-state index contributed by atoms with van der Waals surface area (Å²) in [5.74, 6) is 1.30. The summed E-state index contributed by atoms with van der Waals surface area (Å²) < 4.78 is 30.5. The molecule has 1 aliphatic rings. The molecule has 0 bridgehead atoms. The van der Waals surface area contributed by atoms with E-state index in [-0.39, 0.29) is 11.8 Å². The smallest absolute Gasteiger partial charge is 0.223 e. The summed E-state index contributed by atoms with van der Waals surface area (Å²) in [4.78, 5) is 6.89. The van der Waals surface area contributed by atoms with Crippen LogP contribution >= 0.6 is 0 Å². The Morgan fingerprint density at radius 2 is 2.08 bits per heavy atom. The van der Waals surface area contributed by atoms with Crippen molar-refractivity contribution in [1.29, 1.82) is 0 Å². The molecule has 130 valence electrons. The van der Waals surface area contributed by atoms with E-state index in [2.05, 4.69) is 15.0 Å². The fraction of sp³-hybridized carbons (Fsp3) is 0.529. The van der Waals surface area contributed by atoms with Crippen LogP contribution in [-0.4, -0.2) is 42.3 Å². The van der Waals surface area contributed by atoms with E-state index in [1.165, 1.54) is 0 Å². The van der Waals surface area contributed by atoms with Gasteiger partial charge in [0.1, 0.15) is 0 Å². The highest BCUT2D eigenvalue weighted by molar-refractivity contribution is 7.91. The summed E-state index contributed by atoms with van der Waals surface area (Å²) in [5, 5.41) is 4.00. The molecule has 1 aromatic carbocycles. The molecule has 1 saturated heterocycles. The van der Waals surface area contributed by atoms with Crippen molar-refractivity contribution < 1.29 is 12.9 Å². The molecule has 1 atom stereocenters. The monoisotopic (exact) mass is 349 g/mol. The lowest BCUT2D eigenvalue weighted by molar-refractivity contribution is 0.255. The number of rotatable bonds is 5. The van der Waals surface area contributed by atoms with Crippen LogP contribution in [-0.2, 0) is 9.84 Å². The molecule has 0 aliphatic carbocycles. The quantitative estimate of drug-likeness (QED) is 0.826. The number of likely N-dealkylation sites (tertiary alicyclic amines) is 1. The number of hydrogen-bond donors (Lipinski definition) is 0. The van der Waals surface area contributed by atoms with Gasteiger partial charge in [-0.2, -0.15) is 4.98 Å². The Morgan fingerprint density at radius 1 is 1.29 bits per heavy atom. The predicted molar refractivity (Wildman–Crippen MR) is 90.6 cm³/mol. The zero-order valence-electron chi connectivity index (χ0n) is 14.3. The Kier molecular flexibility index (Phi) is 4.73. The van der Waals surface area contributed by atoms with Crippen LogP contribution in [0.25, 0.3) is 0 Å². The van der Waals surface area contributed by atoms with E-state index in [1.54, 1.807) is 13.0 Å². The molecule has 0 saturated carbocycles. The van der Waals surface area contributed by atoms with Crippen molar-refractivity contribution in [2.45, 2.75) is 44.6 Å². The van der Waals surface area contributed by atoms with E-state index in [0.29, 0.717) is 23.2 Å². The summed E-state index contributed by atoms with van der Waals surface area (Å²) in [7, 11) is -3.31. The van der Waals surface area contributed by atoms with E-state index in [1.807, 2.05) is 26.0 Å². The minimum absolute atomic E-state index is 0.0521.